The van der Waals surface area contributed by atoms with Gasteiger partial charge >= 0.3 is 0 Å². The van der Waals surface area contributed by atoms with Gasteiger partial charge in [-0.2, -0.15) is 0 Å². The molecule has 0 unspecified atom stereocenters. The summed E-state index contributed by atoms with van der Waals surface area (Å²) in [5, 5.41) is 3.07. The molecule has 0 bridgehead atoms. The first kappa shape index (κ1) is 9.39. The smallest absolute Gasteiger partial charge is 0.0587 e. The molecule has 1 aliphatic carbocycles. The van der Waals surface area contributed by atoms with Gasteiger partial charge in [-0.1, -0.05) is 28.1 Å². The molecule has 1 aliphatic rings. The van der Waals surface area contributed by atoms with Gasteiger partial charge in [0.2, 0.25) is 0 Å². The van der Waals surface area contributed by atoms with Crippen molar-refractivity contribution >= 4 is 15.9 Å². The van der Waals surface area contributed by atoms with Crippen molar-refractivity contribution in [3.05, 3.63) is 33.6 Å². The first-order valence-electron chi connectivity index (χ1n) is 3.87. The Morgan fingerprint density at radius 1 is 1.50 bits per heavy atom. The van der Waals surface area contributed by atoms with Crippen LogP contribution < -0.4 is 11.1 Å². The summed E-state index contributed by atoms with van der Waals surface area (Å²) in [5.41, 5.74) is 8.82. The Kier molecular flexibility index (Phi) is 2.98. The van der Waals surface area contributed by atoms with Crippen molar-refractivity contribution < 1.29 is 0 Å². The monoisotopic (exact) mass is 228 g/mol. The molecular weight excluding hydrogens is 216 g/mol. The maximum atomic E-state index is 5.90. The summed E-state index contributed by atoms with van der Waals surface area (Å²) < 4.78 is 1.08. The van der Waals surface area contributed by atoms with Gasteiger partial charge in [0.15, 0.2) is 0 Å². The zero-order chi connectivity index (χ0) is 9.14. The standard InChI is InChI=1S/C9H13BrN2/c1-6-7(10)4-3-5-8(12-2)9(6)11/h4-5,12H,3,11H2,1-2H3. The molecule has 0 saturated heterocycles. The van der Waals surface area contributed by atoms with Crippen molar-refractivity contribution in [3.63, 3.8) is 0 Å². The van der Waals surface area contributed by atoms with Crippen molar-refractivity contribution in [2.75, 3.05) is 7.05 Å². The van der Waals surface area contributed by atoms with E-state index in [0.717, 1.165) is 27.9 Å². The van der Waals surface area contributed by atoms with Crippen molar-refractivity contribution in [1.29, 1.82) is 0 Å². The van der Waals surface area contributed by atoms with E-state index >= 15 is 0 Å². The summed E-state index contributed by atoms with van der Waals surface area (Å²) in [7, 11) is 1.88. The summed E-state index contributed by atoms with van der Waals surface area (Å²) in [4.78, 5) is 0. The summed E-state index contributed by atoms with van der Waals surface area (Å²) >= 11 is 3.46. The van der Waals surface area contributed by atoms with E-state index in [2.05, 4.69) is 33.4 Å². The molecular formula is C9H13BrN2. The van der Waals surface area contributed by atoms with E-state index in [1.54, 1.807) is 0 Å². The average Bonchev–Trinajstić information content (AvgIpc) is 2.19. The Morgan fingerprint density at radius 2 is 2.17 bits per heavy atom. The molecule has 1 rings (SSSR count). The van der Waals surface area contributed by atoms with Crippen LogP contribution in [0.4, 0.5) is 0 Å². The highest BCUT2D eigenvalue weighted by Gasteiger charge is 2.08. The van der Waals surface area contributed by atoms with Crippen LogP contribution in [0.2, 0.25) is 0 Å². The van der Waals surface area contributed by atoms with Crippen LogP contribution in [0.25, 0.3) is 0 Å². The molecule has 0 saturated carbocycles. The molecule has 0 aromatic heterocycles. The minimum atomic E-state index is 0.818. The molecule has 0 heterocycles. The Bertz CT molecular complexity index is 274. The first-order chi connectivity index (χ1) is 5.66. The Labute approximate surface area is 81.3 Å². The Balaban J connectivity index is 3.07. The van der Waals surface area contributed by atoms with Crippen molar-refractivity contribution in [2.24, 2.45) is 5.73 Å². The van der Waals surface area contributed by atoms with Gasteiger partial charge in [0.25, 0.3) is 0 Å². The van der Waals surface area contributed by atoms with Crippen LogP contribution in [0, 0.1) is 0 Å². The topological polar surface area (TPSA) is 38.0 Å². The highest BCUT2D eigenvalue weighted by Crippen LogP contribution is 2.24. The lowest BCUT2D eigenvalue weighted by atomic mass is 10.2. The highest BCUT2D eigenvalue weighted by molar-refractivity contribution is 9.12. The number of likely N-dealkylation sites (N-methyl/N-ethyl adjacent to an activating group) is 1. The van der Waals surface area contributed by atoms with Gasteiger partial charge in [-0.25, -0.2) is 0 Å². The molecule has 0 aliphatic heterocycles. The summed E-state index contributed by atoms with van der Waals surface area (Å²) in [6, 6.07) is 0. The van der Waals surface area contributed by atoms with Crippen LogP contribution in [0.5, 0.6) is 0 Å². The number of halogens is 1. The van der Waals surface area contributed by atoms with Gasteiger partial charge in [-0.3, -0.25) is 0 Å². The van der Waals surface area contributed by atoms with Gasteiger partial charge in [-0.05, 0) is 18.9 Å². The molecule has 3 N–H and O–H groups in total. The third-order valence-electron chi connectivity index (χ3n) is 1.94. The quantitative estimate of drug-likeness (QED) is 0.721. The van der Waals surface area contributed by atoms with Gasteiger partial charge in [0.05, 0.1) is 11.4 Å². The number of hydrogen-bond donors (Lipinski definition) is 2. The SMILES string of the molecule is CNC1=CCC=C(Br)C(C)=C1N. The number of nitrogens with two attached hydrogens (primary N) is 1. The minimum Gasteiger partial charge on any atom is -0.397 e. The Morgan fingerprint density at radius 3 is 2.75 bits per heavy atom. The van der Waals surface area contributed by atoms with Gasteiger partial charge < -0.3 is 11.1 Å². The minimum absolute atomic E-state index is 0.818. The van der Waals surface area contributed by atoms with Crippen molar-refractivity contribution in [1.82, 2.24) is 5.32 Å². The third-order valence-corrected chi connectivity index (χ3v) is 2.86. The molecule has 3 heteroatoms. The maximum Gasteiger partial charge on any atom is 0.0587 e. The van der Waals surface area contributed by atoms with Gasteiger partial charge in [-0.15, -0.1) is 0 Å². The third kappa shape index (κ3) is 1.72. The molecule has 0 aromatic carbocycles. The lowest BCUT2D eigenvalue weighted by Gasteiger charge is -2.08. The molecule has 0 spiro atoms. The van der Waals surface area contributed by atoms with Crippen LogP contribution in [0.15, 0.2) is 33.6 Å². The van der Waals surface area contributed by atoms with E-state index in [0.29, 0.717) is 0 Å². The van der Waals surface area contributed by atoms with E-state index in [1.165, 1.54) is 0 Å². The van der Waals surface area contributed by atoms with E-state index in [1.807, 2.05) is 14.0 Å². The molecule has 2 nitrogen and oxygen atoms in total. The largest absolute Gasteiger partial charge is 0.397 e. The lowest BCUT2D eigenvalue weighted by molar-refractivity contribution is 0.972. The second-order valence-corrected chi connectivity index (χ2v) is 3.55. The van der Waals surface area contributed by atoms with E-state index in [4.69, 9.17) is 5.73 Å². The molecule has 12 heavy (non-hydrogen) atoms. The molecule has 0 amide bonds. The fourth-order valence-electron chi connectivity index (χ4n) is 1.11. The van der Waals surface area contributed by atoms with E-state index < -0.39 is 0 Å². The summed E-state index contributed by atoms with van der Waals surface area (Å²) in [5.74, 6) is 0. The normalized spacial score (nSPS) is 18.2. The predicted octanol–water partition coefficient (Wildman–Crippen LogP) is 2.00. The second-order valence-electron chi connectivity index (χ2n) is 2.69. The fraction of sp³-hybridized carbons (Fsp3) is 0.333. The zero-order valence-electron chi connectivity index (χ0n) is 7.32. The van der Waals surface area contributed by atoms with Crippen LogP contribution in [-0.4, -0.2) is 7.05 Å². The summed E-state index contributed by atoms with van der Waals surface area (Å²) in [6.07, 6.45) is 5.09. The van der Waals surface area contributed by atoms with Crippen LogP contribution in [0.1, 0.15) is 13.3 Å². The second kappa shape index (κ2) is 3.81. The van der Waals surface area contributed by atoms with Gasteiger partial charge in [0, 0.05) is 11.5 Å². The number of rotatable bonds is 1. The number of hydrogen-bond acceptors (Lipinski definition) is 2. The average molecular weight is 229 g/mol. The van der Waals surface area contributed by atoms with E-state index in [9.17, 15) is 0 Å². The molecule has 0 atom stereocenters. The molecule has 0 fully saturated rings. The summed E-state index contributed by atoms with van der Waals surface area (Å²) in [6.45, 7) is 2.01. The zero-order valence-corrected chi connectivity index (χ0v) is 8.90. The first-order valence-corrected chi connectivity index (χ1v) is 4.66. The van der Waals surface area contributed by atoms with E-state index in [-0.39, 0.29) is 0 Å². The number of allylic oxidation sites excluding steroid dienone is 4. The van der Waals surface area contributed by atoms with Crippen molar-refractivity contribution in [3.8, 4) is 0 Å². The highest BCUT2D eigenvalue weighted by atomic mass is 79.9. The fourth-order valence-corrected chi connectivity index (χ4v) is 1.51. The molecule has 66 valence electrons. The Hall–Kier alpha value is -0.700. The van der Waals surface area contributed by atoms with Crippen LogP contribution >= 0.6 is 15.9 Å². The number of nitrogens with one attached hydrogen (secondary N) is 1. The van der Waals surface area contributed by atoms with Crippen LogP contribution in [0.3, 0.4) is 0 Å². The predicted molar refractivity (Wildman–Crippen MR) is 55.7 cm³/mol. The lowest BCUT2D eigenvalue weighted by Crippen LogP contribution is -2.15. The maximum absolute atomic E-state index is 5.90. The van der Waals surface area contributed by atoms with Gasteiger partial charge in [0.1, 0.15) is 0 Å². The van der Waals surface area contributed by atoms with Crippen LogP contribution in [-0.2, 0) is 0 Å². The molecule has 0 radical (unpaired) electrons. The molecule has 0 aromatic rings. The van der Waals surface area contributed by atoms with Crippen molar-refractivity contribution in [2.45, 2.75) is 13.3 Å².